The predicted molar refractivity (Wildman–Crippen MR) is 123 cm³/mol. The fourth-order valence-electron chi connectivity index (χ4n) is 4.81. The Bertz CT molecular complexity index is 1400. The molecule has 0 aliphatic carbocycles. The second-order valence-electron chi connectivity index (χ2n) is 7.60. The number of benzene rings is 2. The highest BCUT2D eigenvalue weighted by Crippen LogP contribution is 2.56. The van der Waals surface area contributed by atoms with Gasteiger partial charge in [0.05, 0.1) is 29.1 Å². The summed E-state index contributed by atoms with van der Waals surface area (Å²) in [5.41, 5.74) is 6.41. The Morgan fingerprint density at radius 2 is 1.88 bits per heavy atom. The number of anilines is 2. The maximum Gasteiger partial charge on any atom is 0.338 e. The Labute approximate surface area is 199 Å². The van der Waals surface area contributed by atoms with E-state index in [1.807, 2.05) is 0 Å². The summed E-state index contributed by atoms with van der Waals surface area (Å²) in [7, 11) is 0. The van der Waals surface area contributed by atoms with Crippen LogP contribution in [0, 0.1) is 23.7 Å². The van der Waals surface area contributed by atoms with Crippen LogP contribution in [-0.4, -0.2) is 25.0 Å². The molecule has 0 radical (unpaired) electrons. The van der Waals surface area contributed by atoms with Crippen molar-refractivity contribution < 1.29 is 14.3 Å². The minimum Gasteiger partial charge on any atom is -0.456 e. The van der Waals surface area contributed by atoms with Crippen molar-refractivity contribution in [1.82, 2.24) is 0 Å². The van der Waals surface area contributed by atoms with E-state index in [-0.39, 0.29) is 30.1 Å². The molecule has 0 saturated carbocycles. The summed E-state index contributed by atoms with van der Waals surface area (Å²) in [6, 6.07) is 13.7. The number of esters is 1. The first-order valence-corrected chi connectivity index (χ1v) is 10.5. The van der Waals surface area contributed by atoms with Crippen LogP contribution < -0.4 is 15.5 Å². The highest BCUT2D eigenvalue weighted by atomic mass is 35.5. The highest BCUT2D eigenvalue weighted by Gasteiger charge is 2.63. The van der Waals surface area contributed by atoms with Gasteiger partial charge in [-0.2, -0.15) is 5.26 Å². The normalized spacial score (nSPS) is 21.2. The van der Waals surface area contributed by atoms with Crippen molar-refractivity contribution in [2.24, 2.45) is 5.73 Å². The largest absolute Gasteiger partial charge is 0.456 e. The zero-order valence-corrected chi connectivity index (χ0v) is 18.4. The second kappa shape index (κ2) is 7.31. The maximum atomic E-state index is 14.0. The third-order valence-corrected chi connectivity index (χ3v) is 6.42. The quantitative estimate of drug-likeness (QED) is 0.527. The van der Waals surface area contributed by atoms with Crippen LogP contribution in [0.1, 0.15) is 5.56 Å². The van der Waals surface area contributed by atoms with Gasteiger partial charge < -0.3 is 10.5 Å². The van der Waals surface area contributed by atoms with E-state index in [1.54, 1.807) is 42.5 Å². The van der Waals surface area contributed by atoms with Crippen LogP contribution in [0.2, 0.25) is 10.0 Å². The minimum absolute atomic E-state index is 0.0290. The van der Waals surface area contributed by atoms with Gasteiger partial charge in [-0.15, -0.1) is 6.42 Å². The van der Waals surface area contributed by atoms with Crippen LogP contribution in [0.4, 0.5) is 11.4 Å². The van der Waals surface area contributed by atoms with E-state index in [9.17, 15) is 14.9 Å². The van der Waals surface area contributed by atoms with E-state index >= 15 is 0 Å². The topological polar surface area (TPSA) is 99.7 Å². The molecule has 3 aliphatic heterocycles. The lowest BCUT2D eigenvalue weighted by Gasteiger charge is -2.38. The molecule has 3 heterocycles. The van der Waals surface area contributed by atoms with E-state index in [0.29, 0.717) is 32.7 Å². The number of hydrogen-bond acceptors (Lipinski definition) is 6. The number of hydrogen-bond donors (Lipinski definition) is 1. The molecule has 0 saturated heterocycles. The number of carbonyl (C=O) groups is 2. The molecule has 5 rings (SSSR count). The van der Waals surface area contributed by atoms with Crippen LogP contribution in [-0.2, 0) is 19.7 Å². The van der Waals surface area contributed by atoms with Gasteiger partial charge in [-0.05, 0) is 24.3 Å². The van der Waals surface area contributed by atoms with Gasteiger partial charge >= 0.3 is 5.97 Å². The van der Waals surface area contributed by atoms with E-state index in [4.69, 9.17) is 40.1 Å². The number of carbonyl (C=O) groups excluding carboxylic acids is 2. The molecule has 1 unspecified atom stereocenters. The number of para-hydroxylation sites is 1. The number of halogens is 2. The van der Waals surface area contributed by atoms with Crippen molar-refractivity contribution in [3.8, 4) is 18.4 Å². The van der Waals surface area contributed by atoms with E-state index in [1.165, 1.54) is 9.80 Å². The summed E-state index contributed by atoms with van der Waals surface area (Å²) in [4.78, 5) is 30.0. The molecule has 2 aromatic carbocycles. The van der Waals surface area contributed by atoms with Crippen LogP contribution in [0.15, 0.2) is 65.1 Å². The van der Waals surface area contributed by atoms with Gasteiger partial charge in [-0.1, -0.05) is 47.3 Å². The Hall–Kier alpha value is -3.91. The zero-order chi connectivity index (χ0) is 23.5. The van der Waals surface area contributed by atoms with Crippen LogP contribution in [0.25, 0.3) is 0 Å². The average Bonchev–Trinajstić information content (AvgIpc) is 3.26. The fraction of sp³-hybridized carbons (Fsp3) is 0.125. The molecule has 0 fully saturated rings. The van der Waals surface area contributed by atoms with Crippen LogP contribution in [0.3, 0.4) is 0 Å². The standard InChI is InChI=1S/C24H14Cl2N4O3/c1-2-7-29-18-6-4-3-5-16(18)24(23(29)32)17(11-27)21(28)30(19-12-33-22(31)20(19)24)15-9-13(25)8-14(26)10-15/h1,3-6,8-10H,7,12,28H2. The van der Waals surface area contributed by atoms with E-state index in [0.717, 1.165) is 0 Å². The van der Waals surface area contributed by atoms with Gasteiger partial charge in [0.1, 0.15) is 23.9 Å². The molecule has 2 aromatic rings. The molecule has 162 valence electrons. The Kier molecular flexibility index (Phi) is 4.65. The number of amides is 1. The molecule has 9 heteroatoms. The van der Waals surface area contributed by atoms with Gasteiger partial charge in [0.25, 0.3) is 0 Å². The number of nitriles is 1. The van der Waals surface area contributed by atoms with Gasteiger partial charge in [0, 0.05) is 21.3 Å². The molecule has 1 atom stereocenters. The van der Waals surface area contributed by atoms with E-state index < -0.39 is 17.3 Å². The number of cyclic esters (lactones) is 1. The van der Waals surface area contributed by atoms with Gasteiger partial charge in [-0.3, -0.25) is 14.6 Å². The summed E-state index contributed by atoms with van der Waals surface area (Å²) in [6.07, 6.45) is 5.52. The minimum atomic E-state index is -1.77. The number of ether oxygens (including phenoxy) is 1. The molecule has 0 aromatic heterocycles. The summed E-state index contributed by atoms with van der Waals surface area (Å²) in [5, 5.41) is 10.9. The monoisotopic (exact) mass is 476 g/mol. The molecule has 7 nitrogen and oxygen atoms in total. The van der Waals surface area contributed by atoms with Crippen molar-refractivity contribution >= 4 is 46.5 Å². The van der Waals surface area contributed by atoms with Crippen molar-refractivity contribution in [1.29, 1.82) is 5.26 Å². The van der Waals surface area contributed by atoms with E-state index in [2.05, 4.69) is 12.0 Å². The van der Waals surface area contributed by atoms with Crippen molar-refractivity contribution in [2.75, 3.05) is 23.0 Å². The zero-order valence-electron chi connectivity index (χ0n) is 16.9. The number of nitrogens with zero attached hydrogens (tertiary/aromatic N) is 3. The molecule has 33 heavy (non-hydrogen) atoms. The lowest BCUT2D eigenvalue weighted by Crippen LogP contribution is -2.50. The molecule has 3 aliphatic rings. The lowest BCUT2D eigenvalue weighted by molar-refractivity contribution is -0.137. The van der Waals surface area contributed by atoms with Gasteiger partial charge in [0.15, 0.2) is 0 Å². The smallest absolute Gasteiger partial charge is 0.338 e. The molecular formula is C24H14Cl2N4O3. The molecule has 2 N–H and O–H groups in total. The fourth-order valence-corrected chi connectivity index (χ4v) is 5.32. The third-order valence-electron chi connectivity index (χ3n) is 5.98. The summed E-state index contributed by atoms with van der Waals surface area (Å²) in [6.45, 7) is -0.189. The number of nitrogens with two attached hydrogens (primary N) is 1. The van der Waals surface area contributed by atoms with Gasteiger partial charge in [-0.25, -0.2) is 4.79 Å². The lowest BCUT2D eigenvalue weighted by atomic mass is 9.67. The first-order valence-electron chi connectivity index (χ1n) is 9.78. The van der Waals surface area contributed by atoms with Gasteiger partial charge in [0.2, 0.25) is 5.91 Å². The van der Waals surface area contributed by atoms with Crippen molar-refractivity contribution in [2.45, 2.75) is 5.41 Å². The first kappa shape index (κ1) is 21.0. The SMILES string of the molecule is C#CCN1C(=O)C2(C(C#N)=C(N)N(c3cc(Cl)cc(Cl)c3)C3=C2C(=O)OC3)c2ccccc21. The maximum absolute atomic E-state index is 14.0. The second-order valence-corrected chi connectivity index (χ2v) is 8.47. The summed E-state index contributed by atoms with van der Waals surface area (Å²) < 4.78 is 5.38. The third kappa shape index (κ3) is 2.64. The Morgan fingerprint density at radius 1 is 1.18 bits per heavy atom. The summed E-state index contributed by atoms with van der Waals surface area (Å²) >= 11 is 12.4. The Morgan fingerprint density at radius 3 is 2.55 bits per heavy atom. The average molecular weight is 477 g/mol. The van der Waals surface area contributed by atoms with Crippen LogP contribution in [0.5, 0.6) is 0 Å². The number of fused-ring (bicyclic) bond motifs is 3. The Balaban J connectivity index is 1.87. The summed E-state index contributed by atoms with van der Waals surface area (Å²) in [5.74, 6) is 1.19. The first-order chi connectivity index (χ1) is 15.9. The number of terminal acetylenes is 1. The van der Waals surface area contributed by atoms with Crippen molar-refractivity contribution in [3.05, 3.63) is 80.7 Å². The highest BCUT2D eigenvalue weighted by molar-refractivity contribution is 6.35. The predicted octanol–water partition coefficient (Wildman–Crippen LogP) is 3.24. The molecule has 0 bridgehead atoms. The number of rotatable bonds is 2. The molecule has 1 amide bonds. The van der Waals surface area contributed by atoms with Crippen LogP contribution >= 0.6 is 23.2 Å². The molecular weight excluding hydrogens is 463 g/mol. The molecule has 1 spiro atoms. The van der Waals surface area contributed by atoms with Crippen molar-refractivity contribution in [3.63, 3.8) is 0 Å².